The number of furan rings is 1. The molecule has 2 heterocycles. The van der Waals surface area contributed by atoms with Gasteiger partial charge in [-0.1, -0.05) is 0 Å². The van der Waals surface area contributed by atoms with Crippen LogP contribution in [0.1, 0.15) is 18.4 Å². The van der Waals surface area contributed by atoms with Crippen molar-refractivity contribution in [3.8, 4) is 5.75 Å². The predicted molar refractivity (Wildman–Crippen MR) is 89.9 cm³/mol. The smallest absolute Gasteiger partial charge is 0.387 e. The summed E-state index contributed by atoms with van der Waals surface area (Å²) in [5, 5.41) is 14.3. The van der Waals surface area contributed by atoms with Crippen molar-refractivity contribution in [1.82, 2.24) is 4.98 Å². The summed E-state index contributed by atoms with van der Waals surface area (Å²) in [7, 11) is 0. The SMILES string of the molecule is Cc1cc(NCC(C)(O)c2ccco2)c2cc(OC(F)F)ccc2n1. The highest BCUT2D eigenvalue weighted by atomic mass is 19.3. The number of fused-ring (bicyclic) bond motifs is 1. The first-order valence-electron chi connectivity index (χ1n) is 7.71. The number of ether oxygens (including phenoxy) is 1. The van der Waals surface area contributed by atoms with Crippen molar-refractivity contribution in [1.29, 1.82) is 0 Å². The number of rotatable bonds is 6. The summed E-state index contributed by atoms with van der Waals surface area (Å²) in [5.74, 6) is 0.478. The van der Waals surface area contributed by atoms with Crippen LogP contribution >= 0.6 is 0 Å². The molecule has 0 aliphatic rings. The molecule has 0 bridgehead atoms. The Hall–Kier alpha value is -2.67. The first-order chi connectivity index (χ1) is 11.8. The van der Waals surface area contributed by atoms with Gasteiger partial charge in [-0.05, 0) is 50.2 Å². The highest BCUT2D eigenvalue weighted by molar-refractivity contribution is 5.92. The molecule has 1 atom stereocenters. The van der Waals surface area contributed by atoms with Gasteiger partial charge in [0.2, 0.25) is 0 Å². The van der Waals surface area contributed by atoms with Gasteiger partial charge in [0.25, 0.3) is 0 Å². The molecule has 132 valence electrons. The Kier molecular flexibility index (Phi) is 4.59. The van der Waals surface area contributed by atoms with Gasteiger partial charge in [0.15, 0.2) is 0 Å². The average molecular weight is 348 g/mol. The van der Waals surface area contributed by atoms with Crippen molar-refractivity contribution in [3.63, 3.8) is 0 Å². The lowest BCUT2D eigenvalue weighted by molar-refractivity contribution is -0.0497. The van der Waals surface area contributed by atoms with E-state index < -0.39 is 12.2 Å². The predicted octanol–water partition coefficient (Wildman–Crippen LogP) is 4.06. The molecule has 2 aromatic heterocycles. The summed E-state index contributed by atoms with van der Waals surface area (Å²) in [5.41, 5.74) is 0.829. The van der Waals surface area contributed by atoms with Crippen LogP contribution in [0.5, 0.6) is 5.75 Å². The fourth-order valence-corrected chi connectivity index (χ4v) is 2.60. The van der Waals surface area contributed by atoms with Crippen LogP contribution in [0.15, 0.2) is 47.1 Å². The lowest BCUT2D eigenvalue weighted by atomic mass is 10.0. The Morgan fingerprint density at radius 3 is 2.80 bits per heavy atom. The topological polar surface area (TPSA) is 67.5 Å². The van der Waals surface area contributed by atoms with Crippen LogP contribution in [-0.4, -0.2) is 23.2 Å². The van der Waals surface area contributed by atoms with Crippen molar-refractivity contribution in [3.05, 3.63) is 54.1 Å². The maximum absolute atomic E-state index is 12.4. The minimum atomic E-state index is -2.90. The molecule has 0 saturated heterocycles. The van der Waals surface area contributed by atoms with Crippen molar-refractivity contribution in [2.45, 2.75) is 26.1 Å². The van der Waals surface area contributed by atoms with Gasteiger partial charge >= 0.3 is 6.61 Å². The van der Waals surface area contributed by atoms with Gasteiger partial charge in [0.1, 0.15) is 17.1 Å². The fraction of sp³-hybridized carbons (Fsp3) is 0.278. The number of aromatic nitrogens is 1. The molecule has 0 amide bonds. The second kappa shape index (κ2) is 6.68. The van der Waals surface area contributed by atoms with E-state index in [-0.39, 0.29) is 12.3 Å². The number of anilines is 1. The quantitative estimate of drug-likeness (QED) is 0.703. The van der Waals surface area contributed by atoms with E-state index in [1.54, 1.807) is 31.2 Å². The van der Waals surface area contributed by atoms with Crippen molar-refractivity contribution >= 4 is 16.6 Å². The maximum Gasteiger partial charge on any atom is 0.387 e. The van der Waals surface area contributed by atoms with E-state index in [9.17, 15) is 13.9 Å². The summed E-state index contributed by atoms with van der Waals surface area (Å²) in [6.45, 7) is 0.727. The monoisotopic (exact) mass is 348 g/mol. The number of hydrogen-bond donors (Lipinski definition) is 2. The summed E-state index contributed by atoms with van der Waals surface area (Å²) in [4.78, 5) is 4.39. The molecule has 5 nitrogen and oxygen atoms in total. The number of nitrogens with zero attached hydrogens (tertiary/aromatic N) is 1. The van der Waals surface area contributed by atoms with Crippen molar-refractivity contribution in [2.75, 3.05) is 11.9 Å². The van der Waals surface area contributed by atoms with Gasteiger partial charge in [-0.2, -0.15) is 8.78 Å². The van der Waals surface area contributed by atoms with Crippen LogP contribution in [0.3, 0.4) is 0 Å². The average Bonchev–Trinajstić information content (AvgIpc) is 3.08. The van der Waals surface area contributed by atoms with Gasteiger partial charge in [0.05, 0.1) is 18.3 Å². The third-order valence-corrected chi connectivity index (χ3v) is 3.81. The zero-order valence-corrected chi connectivity index (χ0v) is 13.8. The molecular weight excluding hydrogens is 330 g/mol. The van der Waals surface area contributed by atoms with Gasteiger partial charge < -0.3 is 19.6 Å². The Morgan fingerprint density at radius 1 is 1.32 bits per heavy atom. The molecule has 0 spiro atoms. The largest absolute Gasteiger partial charge is 0.466 e. The molecule has 0 aliphatic heterocycles. The number of nitrogens with one attached hydrogen (secondary N) is 1. The maximum atomic E-state index is 12.4. The van der Waals surface area contributed by atoms with E-state index in [0.29, 0.717) is 22.4 Å². The van der Waals surface area contributed by atoms with Gasteiger partial charge in [-0.15, -0.1) is 0 Å². The van der Waals surface area contributed by atoms with Crippen molar-refractivity contribution in [2.24, 2.45) is 0 Å². The van der Waals surface area contributed by atoms with Crippen LogP contribution in [-0.2, 0) is 5.60 Å². The highest BCUT2D eigenvalue weighted by Gasteiger charge is 2.26. The first-order valence-corrected chi connectivity index (χ1v) is 7.71. The zero-order valence-electron chi connectivity index (χ0n) is 13.8. The van der Waals surface area contributed by atoms with Gasteiger partial charge in [-0.3, -0.25) is 4.98 Å². The third-order valence-electron chi connectivity index (χ3n) is 3.81. The molecule has 25 heavy (non-hydrogen) atoms. The molecule has 7 heteroatoms. The Balaban J connectivity index is 1.91. The van der Waals surface area contributed by atoms with E-state index in [1.165, 1.54) is 18.4 Å². The number of hydrogen-bond acceptors (Lipinski definition) is 5. The second-order valence-corrected chi connectivity index (χ2v) is 5.97. The molecule has 1 unspecified atom stereocenters. The second-order valence-electron chi connectivity index (χ2n) is 5.97. The number of aliphatic hydroxyl groups is 1. The zero-order chi connectivity index (χ0) is 18.0. The normalized spacial score (nSPS) is 13.8. The molecule has 3 aromatic rings. The molecule has 0 fully saturated rings. The Bertz CT molecular complexity index is 864. The minimum Gasteiger partial charge on any atom is -0.466 e. The van der Waals surface area contributed by atoms with Gasteiger partial charge in [-0.25, -0.2) is 0 Å². The minimum absolute atomic E-state index is 0.0500. The molecule has 0 saturated carbocycles. The van der Waals surface area contributed by atoms with Crippen LogP contribution < -0.4 is 10.1 Å². The molecule has 0 radical (unpaired) electrons. The molecular formula is C18H18F2N2O3. The number of alkyl halides is 2. The first kappa shape index (κ1) is 17.2. The molecule has 3 rings (SSSR count). The van der Waals surface area contributed by atoms with E-state index in [2.05, 4.69) is 15.0 Å². The molecule has 0 aliphatic carbocycles. The Labute approximate surface area is 143 Å². The van der Waals surface area contributed by atoms with Crippen LogP contribution in [0.4, 0.5) is 14.5 Å². The standard InChI is InChI=1S/C18H18F2N2O3/c1-11-8-15(21-10-18(2,23)16-4-3-7-24-16)13-9-12(25-17(19)20)5-6-14(13)22-11/h3-9,17,23H,10H2,1-2H3,(H,21,22). The van der Waals surface area contributed by atoms with Gasteiger partial charge in [0, 0.05) is 16.8 Å². The van der Waals surface area contributed by atoms with Crippen LogP contribution in [0.25, 0.3) is 10.9 Å². The number of aryl methyl sites for hydroxylation is 1. The van der Waals surface area contributed by atoms with Crippen LogP contribution in [0, 0.1) is 6.92 Å². The Morgan fingerprint density at radius 2 is 2.12 bits per heavy atom. The van der Waals surface area contributed by atoms with E-state index in [1.807, 2.05) is 6.92 Å². The molecule has 2 N–H and O–H groups in total. The van der Waals surface area contributed by atoms with E-state index in [4.69, 9.17) is 4.42 Å². The summed E-state index contributed by atoms with van der Waals surface area (Å²) < 4.78 is 34.6. The van der Waals surface area contributed by atoms with E-state index in [0.717, 1.165) is 5.69 Å². The molecule has 1 aromatic carbocycles. The summed E-state index contributed by atoms with van der Waals surface area (Å²) in [6.07, 6.45) is 1.49. The fourth-order valence-electron chi connectivity index (χ4n) is 2.60. The lowest BCUT2D eigenvalue weighted by Crippen LogP contribution is -2.30. The number of pyridine rings is 1. The number of benzene rings is 1. The van der Waals surface area contributed by atoms with E-state index >= 15 is 0 Å². The van der Waals surface area contributed by atoms with Crippen LogP contribution in [0.2, 0.25) is 0 Å². The van der Waals surface area contributed by atoms with Crippen molar-refractivity contribution < 1.29 is 23.0 Å². The number of halogens is 2. The third kappa shape index (κ3) is 3.88. The summed E-state index contributed by atoms with van der Waals surface area (Å²) >= 11 is 0. The highest BCUT2D eigenvalue weighted by Crippen LogP contribution is 2.29. The lowest BCUT2D eigenvalue weighted by Gasteiger charge is -2.22. The summed E-state index contributed by atoms with van der Waals surface area (Å²) in [6, 6.07) is 9.74.